The normalized spacial score (nSPS) is 14.6. The number of hydrogen-bond donors (Lipinski definition) is 0. The summed E-state index contributed by atoms with van der Waals surface area (Å²) in [5.41, 5.74) is 1.20. The summed E-state index contributed by atoms with van der Waals surface area (Å²) < 4.78 is 25.1. The maximum Gasteiger partial charge on any atom is 0.177 e. The molecule has 2 aromatic heterocycles. The van der Waals surface area contributed by atoms with Crippen molar-refractivity contribution in [2.24, 2.45) is 0 Å². The van der Waals surface area contributed by atoms with Gasteiger partial charge in [0.25, 0.3) is 0 Å². The van der Waals surface area contributed by atoms with E-state index in [4.69, 9.17) is 4.98 Å². The van der Waals surface area contributed by atoms with Crippen LogP contribution in [0.4, 0.5) is 5.82 Å². The molecule has 27 heavy (non-hydrogen) atoms. The zero-order chi connectivity index (χ0) is 18.9. The van der Waals surface area contributed by atoms with Gasteiger partial charge in [0.2, 0.25) is 0 Å². The summed E-state index contributed by atoms with van der Waals surface area (Å²) in [4.78, 5) is 11.4. The van der Waals surface area contributed by atoms with Crippen molar-refractivity contribution in [2.75, 3.05) is 24.2 Å². The molecule has 140 valence electrons. The van der Waals surface area contributed by atoms with Gasteiger partial charge >= 0.3 is 0 Å². The standard InChI is InChI=1S/C19H21N5O2S/c1-27(25,26)16-7-8-18(20-14-16)23-10-9-19-21-17(22-24(19)12-11-23)13-15-5-3-2-4-6-15/h2-8,14H,9-13H2,1H3. The Morgan fingerprint density at radius 3 is 2.56 bits per heavy atom. The Labute approximate surface area is 158 Å². The molecule has 0 atom stereocenters. The van der Waals surface area contributed by atoms with Crippen LogP contribution in [-0.4, -0.2) is 47.5 Å². The van der Waals surface area contributed by atoms with Crippen LogP contribution in [0.3, 0.4) is 0 Å². The molecule has 0 fully saturated rings. The van der Waals surface area contributed by atoms with E-state index in [0.717, 1.165) is 49.9 Å². The van der Waals surface area contributed by atoms with Gasteiger partial charge in [0.1, 0.15) is 11.6 Å². The van der Waals surface area contributed by atoms with Crippen LogP contribution >= 0.6 is 0 Å². The predicted octanol–water partition coefficient (Wildman–Crippen LogP) is 1.73. The number of fused-ring (bicyclic) bond motifs is 1. The molecule has 4 rings (SSSR count). The zero-order valence-electron chi connectivity index (χ0n) is 15.1. The SMILES string of the molecule is CS(=O)(=O)c1ccc(N2CCc3nc(Cc4ccccc4)nn3CC2)nc1. The number of benzene rings is 1. The largest absolute Gasteiger partial charge is 0.354 e. The second kappa shape index (κ2) is 7.11. The van der Waals surface area contributed by atoms with E-state index >= 15 is 0 Å². The predicted molar refractivity (Wildman–Crippen MR) is 103 cm³/mol. The van der Waals surface area contributed by atoms with Gasteiger partial charge in [0.05, 0.1) is 11.4 Å². The van der Waals surface area contributed by atoms with E-state index in [2.05, 4.69) is 27.1 Å². The minimum atomic E-state index is -3.23. The summed E-state index contributed by atoms with van der Waals surface area (Å²) >= 11 is 0. The van der Waals surface area contributed by atoms with E-state index in [1.54, 1.807) is 12.1 Å². The maximum absolute atomic E-state index is 11.6. The first-order chi connectivity index (χ1) is 13.0. The van der Waals surface area contributed by atoms with Crippen molar-refractivity contribution < 1.29 is 8.42 Å². The number of nitrogens with zero attached hydrogens (tertiary/aromatic N) is 5. The van der Waals surface area contributed by atoms with Gasteiger partial charge in [-0.25, -0.2) is 23.1 Å². The Morgan fingerprint density at radius 2 is 1.85 bits per heavy atom. The Kier molecular flexibility index (Phi) is 4.65. The summed E-state index contributed by atoms with van der Waals surface area (Å²) in [5, 5.41) is 4.66. The van der Waals surface area contributed by atoms with Gasteiger partial charge in [0, 0.05) is 38.4 Å². The molecule has 7 nitrogen and oxygen atoms in total. The number of hydrogen-bond acceptors (Lipinski definition) is 6. The monoisotopic (exact) mass is 383 g/mol. The third-order valence-corrected chi connectivity index (χ3v) is 5.75. The van der Waals surface area contributed by atoms with Gasteiger partial charge in [0.15, 0.2) is 15.7 Å². The lowest BCUT2D eigenvalue weighted by atomic mass is 10.1. The van der Waals surface area contributed by atoms with E-state index in [-0.39, 0.29) is 4.90 Å². The third-order valence-electron chi connectivity index (χ3n) is 4.66. The molecule has 1 aromatic carbocycles. The summed E-state index contributed by atoms with van der Waals surface area (Å²) in [6.07, 6.45) is 4.12. The molecule has 0 spiro atoms. The fourth-order valence-corrected chi connectivity index (χ4v) is 3.77. The molecule has 0 amide bonds. The molecule has 1 aliphatic heterocycles. The van der Waals surface area contributed by atoms with Crippen LogP contribution in [-0.2, 0) is 29.2 Å². The number of pyridine rings is 1. The topological polar surface area (TPSA) is 81.0 Å². The fourth-order valence-electron chi connectivity index (χ4n) is 3.21. The lowest BCUT2D eigenvalue weighted by Gasteiger charge is -2.20. The lowest BCUT2D eigenvalue weighted by Crippen LogP contribution is -2.27. The van der Waals surface area contributed by atoms with Crippen molar-refractivity contribution in [1.29, 1.82) is 0 Å². The van der Waals surface area contributed by atoms with Crippen LogP contribution in [0, 0.1) is 0 Å². The van der Waals surface area contributed by atoms with Crippen LogP contribution in [0.25, 0.3) is 0 Å². The Bertz CT molecular complexity index is 1000. The number of aromatic nitrogens is 4. The van der Waals surface area contributed by atoms with Crippen LogP contribution in [0.5, 0.6) is 0 Å². The molecule has 0 saturated heterocycles. The van der Waals surface area contributed by atoms with Crippen LogP contribution < -0.4 is 4.90 Å². The quantitative estimate of drug-likeness (QED) is 0.683. The molecule has 0 bridgehead atoms. The highest BCUT2D eigenvalue weighted by Crippen LogP contribution is 2.17. The Balaban J connectivity index is 1.45. The molecule has 1 aliphatic rings. The van der Waals surface area contributed by atoms with Gasteiger partial charge in [-0.2, -0.15) is 5.10 Å². The molecular weight excluding hydrogens is 362 g/mol. The second-order valence-corrected chi connectivity index (χ2v) is 8.71. The molecule has 8 heteroatoms. The highest BCUT2D eigenvalue weighted by atomic mass is 32.2. The molecule has 0 aliphatic carbocycles. The van der Waals surface area contributed by atoms with Crippen molar-refractivity contribution in [3.05, 3.63) is 65.9 Å². The zero-order valence-corrected chi connectivity index (χ0v) is 15.9. The summed E-state index contributed by atoms with van der Waals surface area (Å²) in [6.45, 7) is 2.26. The molecule has 0 N–H and O–H groups in total. The summed E-state index contributed by atoms with van der Waals surface area (Å²) in [5.74, 6) is 2.61. The molecule has 0 radical (unpaired) electrons. The first kappa shape index (κ1) is 17.7. The van der Waals surface area contributed by atoms with Crippen LogP contribution in [0.1, 0.15) is 17.2 Å². The van der Waals surface area contributed by atoms with E-state index < -0.39 is 9.84 Å². The highest BCUT2D eigenvalue weighted by Gasteiger charge is 2.19. The summed E-state index contributed by atoms with van der Waals surface area (Å²) in [7, 11) is -3.23. The average Bonchev–Trinajstić information content (AvgIpc) is 2.93. The van der Waals surface area contributed by atoms with E-state index in [9.17, 15) is 8.42 Å². The first-order valence-electron chi connectivity index (χ1n) is 8.86. The van der Waals surface area contributed by atoms with Gasteiger partial charge in [-0.15, -0.1) is 0 Å². The summed E-state index contributed by atoms with van der Waals surface area (Å²) in [6, 6.07) is 13.6. The first-order valence-corrected chi connectivity index (χ1v) is 10.8. The minimum Gasteiger partial charge on any atom is -0.354 e. The smallest absolute Gasteiger partial charge is 0.177 e. The number of sulfone groups is 1. The van der Waals surface area contributed by atoms with Crippen molar-refractivity contribution in [3.8, 4) is 0 Å². The van der Waals surface area contributed by atoms with Gasteiger partial charge < -0.3 is 4.90 Å². The highest BCUT2D eigenvalue weighted by molar-refractivity contribution is 7.90. The third kappa shape index (κ3) is 4.00. The van der Waals surface area contributed by atoms with Crippen LogP contribution in [0.15, 0.2) is 53.6 Å². The Morgan fingerprint density at radius 1 is 1.04 bits per heavy atom. The molecule has 0 unspecified atom stereocenters. The van der Waals surface area contributed by atoms with Gasteiger partial charge in [-0.3, -0.25) is 0 Å². The number of rotatable bonds is 4. The maximum atomic E-state index is 11.6. The van der Waals surface area contributed by atoms with Gasteiger partial charge in [-0.05, 0) is 17.7 Å². The van der Waals surface area contributed by atoms with Crippen molar-refractivity contribution in [2.45, 2.75) is 24.3 Å². The Hall–Kier alpha value is -2.74. The minimum absolute atomic E-state index is 0.237. The van der Waals surface area contributed by atoms with Crippen molar-refractivity contribution in [3.63, 3.8) is 0 Å². The molecule has 3 aromatic rings. The molecule has 3 heterocycles. The van der Waals surface area contributed by atoms with E-state index in [1.165, 1.54) is 18.0 Å². The second-order valence-electron chi connectivity index (χ2n) is 6.69. The molecule has 0 saturated carbocycles. The lowest BCUT2D eigenvalue weighted by molar-refractivity contribution is 0.600. The number of anilines is 1. The van der Waals surface area contributed by atoms with Crippen molar-refractivity contribution in [1.82, 2.24) is 19.7 Å². The average molecular weight is 383 g/mol. The fraction of sp³-hybridized carbons (Fsp3) is 0.316. The van der Waals surface area contributed by atoms with Crippen molar-refractivity contribution >= 4 is 15.7 Å². The van der Waals surface area contributed by atoms with Crippen LogP contribution in [0.2, 0.25) is 0 Å². The van der Waals surface area contributed by atoms with E-state index in [1.807, 2.05) is 22.9 Å². The van der Waals surface area contributed by atoms with E-state index in [0.29, 0.717) is 0 Å². The molecular formula is C19H21N5O2S. The van der Waals surface area contributed by atoms with Gasteiger partial charge in [-0.1, -0.05) is 30.3 Å².